The maximum Gasteiger partial charge on any atom is 0.254 e. The lowest BCUT2D eigenvalue weighted by Gasteiger charge is -2.38. The molecule has 0 fully saturated rings. The summed E-state index contributed by atoms with van der Waals surface area (Å²) in [6.07, 6.45) is 0.748. The molecule has 0 saturated heterocycles. The Bertz CT molecular complexity index is 1150. The number of nitrogens with zero attached hydrogens (tertiary/aromatic N) is 2. The van der Waals surface area contributed by atoms with Crippen molar-refractivity contribution >= 4 is 46.4 Å². The van der Waals surface area contributed by atoms with Crippen molar-refractivity contribution in [2.45, 2.75) is 19.4 Å². The Morgan fingerprint density at radius 1 is 1.12 bits per heavy atom. The van der Waals surface area contributed by atoms with Crippen molar-refractivity contribution in [2.75, 3.05) is 19.6 Å². The van der Waals surface area contributed by atoms with Crippen LogP contribution in [0.4, 0.5) is 4.39 Å². The summed E-state index contributed by atoms with van der Waals surface area (Å²) < 4.78 is 13.2. The van der Waals surface area contributed by atoms with Gasteiger partial charge in [0.1, 0.15) is 12.4 Å². The molecule has 1 unspecified atom stereocenters. The third-order valence-electron chi connectivity index (χ3n) is 5.63. The van der Waals surface area contributed by atoms with E-state index >= 15 is 0 Å². The number of carbonyl (C=O) groups excluding carboxylic acids is 2. The summed E-state index contributed by atoms with van der Waals surface area (Å²) in [5.74, 6) is -0.895. The zero-order valence-electron chi connectivity index (χ0n) is 17.4. The predicted molar refractivity (Wildman–Crippen MR) is 126 cm³/mol. The minimum Gasteiger partial charge on any atom is -0.330 e. The van der Waals surface area contributed by atoms with Crippen LogP contribution < -0.4 is 0 Å². The molecular formula is C24H21Cl2FN2O2S. The highest BCUT2D eigenvalue weighted by atomic mass is 35.5. The number of benzene rings is 2. The molecule has 4 nitrogen and oxygen atoms in total. The number of hydrogen-bond acceptors (Lipinski definition) is 3. The van der Waals surface area contributed by atoms with E-state index in [0.717, 1.165) is 17.5 Å². The van der Waals surface area contributed by atoms with Gasteiger partial charge in [-0.2, -0.15) is 0 Å². The quantitative estimate of drug-likeness (QED) is 0.451. The molecule has 3 aromatic rings. The zero-order chi connectivity index (χ0) is 22.8. The van der Waals surface area contributed by atoms with Crippen molar-refractivity contribution in [3.05, 3.63) is 91.3 Å². The van der Waals surface area contributed by atoms with E-state index in [9.17, 15) is 14.0 Å². The number of thiophene rings is 1. The molecule has 1 aliphatic rings. The average molecular weight is 491 g/mol. The molecular weight excluding hydrogens is 470 g/mol. The summed E-state index contributed by atoms with van der Waals surface area (Å²) in [7, 11) is 0. The largest absolute Gasteiger partial charge is 0.330 e. The van der Waals surface area contributed by atoms with Gasteiger partial charge in [-0.05, 0) is 72.3 Å². The topological polar surface area (TPSA) is 40.6 Å². The van der Waals surface area contributed by atoms with E-state index in [1.54, 1.807) is 28.4 Å². The van der Waals surface area contributed by atoms with Gasteiger partial charge in [0.25, 0.3) is 5.91 Å². The molecule has 2 amide bonds. The monoisotopic (exact) mass is 490 g/mol. The van der Waals surface area contributed by atoms with Crippen molar-refractivity contribution in [2.24, 2.45) is 0 Å². The smallest absolute Gasteiger partial charge is 0.254 e. The Hall–Kier alpha value is -2.41. The standard InChI is InChI=1S/C24H21Cl2FN2O2S/c1-2-28(24(31)15-3-6-17(27)7-4-15)14-22(30)29-11-9-21-19(10-12-32-21)23(29)18-8-5-16(25)13-20(18)26/h3-8,10,12-13,23H,2,9,11,14H2,1H3. The van der Waals surface area contributed by atoms with Gasteiger partial charge in [0.15, 0.2) is 0 Å². The molecule has 166 valence electrons. The van der Waals surface area contributed by atoms with Gasteiger partial charge in [-0.15, -0.1) is 11.3 Å². The third kappa shape index (κ3) is 4.53. The number of halogens is 3. The first-order valence-electron chi connectivity index (χ1n) is 10.2. The molecule has 2 aromatic carbocycles. The summed E-state index contributed by atoms with van der Waals surface area (Å²) in [6, 6.07) is 12.3. The predicted octanol–water partition coefficient (Wildman–Crippen LogP) is 5.83. The molecule has 0 spiro atoms. The molecule has 1 aliphatic heterocycles. The van der Waals surface area contributed by atoms with E-state index in [-0.39, 0.29) is 24.4 Å². The highest BCUT2D eigenvalue weighted by Gasteiger charge is 2.35. The lowest BCUT2D eigenvalue weighted by Crippen LogP contribution is -2.46. The Morgan fingerprint density at radius 2 is 1.88 bits per heavy atom. The van der Waals surface area contributed by atoms with E-state index in [1.807, 2.05) is 24.4 Å². The molecule has 0 saturated carbocycles. The first kappa shape index (κ1) is 22.8. The first-order valence-corrected chi connectivity index (χ1v) is 11.9. The van der Waals surface area contributed by atoms with Crippen LogP contribution in [-0.4, -0.2) is 41.2 Å². The third-order valence-corrected chi connectivity index (χ3v) is 7.19. The van der Waals surface area contributed by atoms with Gasteiger partial charge in [-0.1, -0.05) is 29.3 Å². The molecule has 1 atom stereocenters. The van der Waals surface area contributed by atoms with Crippen LogP contribution in [0.25, 0.3) is 0 Å². The maximum atomic E-state index is 13.5. The second-order valence-corrected chi connectivity index (χ2v) is 9.38. The maximum absolute atomic E-state index is 13.5. The molecule has 0 aliphatic carbocycles. The average Bonchev–Trinajstić information content (AvgIpc) is 3.26. The van der Waals surface area contributed by atoms with E-state index in [1.165, 1.54) is 34.0 Å². The van der Waals surface area contributed by atoms with Gasteiger partial charge >= 0.3 is 0 Å². The van der Waals surface area contributed by atoms with Gasteiger partial charge in [0, 0.05) is 33.6 Å². The summed E-state index contributed by atoms with van der Waals surface area (Å²) >= 11 is 14.3. The molecule has 2 heterocycles. The number of amides is 2. The summed E-state index contributed by atoms with van der Waals surface area (Å²) in [6.45, 7) is 2.62. The Balaban J connectivity index is 1.62. The molecule has 32 heavy (non-hydrogen) atoms. The van der Waals surface area contributed by atoms with Crippen molar-refractivity contribution in [1.29, 1.82) is 0 Å². The molecule has 0 N–H and O–H groups in total. The van der Waals surface area contributed by atoms with Crippen LogP contribution in [0.2, 0.25) is 10.0 Å². The van der Waals surface area contributed by atoms with Crippen LogP contribution in [-0.2, 0) is 11.2 Å². The van der Waals surface area contributed by atoms with E-state index in [0.29, 0.717) is 28.7 Å². The fourth-order valence-corrected chi connectivity index (χ4v) is 5.42. The van der Waals surface area contributed by atoms with Gasteiger partial charge in [0.05, 0.1) is 6.04 Å². The van der Waals surface area contributed by atoms with E-state index in [4.69, 9.17) is 23.2 Å². The summed E-state index contributed by atoms with van der Waals surface area (Å²) in [4.78, 5) is 30.8. The van der Waals surface area contributed by atoms with Gasteiger partial charge in [0.2, 0.25) is 5.91 Å². The van der Waals surface area contributed by atoms with Crippen molar-refractivity contribution in [3.8, 4) is 0 Å². The lowest BCUT2D eigenvalue weighted by atomic mass is 9.93. The number of rotatable bonds is 5. The van der Waals surface area contributed by atoms with Crippen LogP contribution in [0.1, 0.15) is 39.3 Å². The molecule has 0 bridgehead atoms. The minimum absolute atomic E-state index is 0.0755. The van der Waals surface area contributed by atoms with Crippen LogP contribution in [0, 0.1) is 5.82 Å². The number of carbonyl (C=O) groups is 2. The van der Waals surface area contributed by atoms with Crippen LogP contribution in [0.15, 0.2) is 53.9 Å². The molecule has 4 rings (SSSR count). The van der Waals surface area contributed by atoms with Gasteiger partial charge in [-0.25, -0.2) is 4.39 Å². The van der Waals surface area contributed by atoms with Crippen molar-refractivity contribution in [1.82, 2.24) is 9.80 Å². The highest BCUT2D eigenvalue weighted by molar-refractivity contribution is 7.10. The second-order valence-electron chi connectivity index (χ2n) is 7.53. The fraction of sp³-hybridized carbons (Fsp3) is 0.250. The van der Waals surface area contributed by atoms with E-state index < -0.39 is 5.82 Å². The molecule has 1 aromatic heterocycles. The molecule has 8 heteroatoms. The Labute approximate surface area is 200 Å². The molecule has 0 radical (unpaired) electrons. The van der Waals surface area contributed by atoms with Crippen molar-refractivity contribution in [3.63, 3.8) is 0 Å². The zero-order valence-corrected chi connectivity index (χ0v) is 19.7. The van der Waals surface area contributed by atoms with Crippen LogP contribution in [0.3, 0.4) is 0 Å². The van der Waals surface area contributed by atoms with Crippen LogP contribution >= 0.6 is 34.5 Å². The normalized spacial score (nSPS) is 15.4. The van der Waals surface area contributed by atoms with E-state index in [2.05, 4.69) is 0 Å². The number of hydrogen-bond donors (Lipinski definition) is 0. The van der Waals surface area contributed by atoms with Gasteiger partial charge < -0.3 is 9.80 Å². The summed E-state index contributed by atoms with van der Waals surface area (Å²) in [5, 5.41) is 3.04. The van der Waals surface area contributed by atoms with Crippen LogP contribution in [0.5, 0.6) is 0 Å². The fourth-order valence-electron chi connectivity index (χ4n) is 4.00. The highest BCUT2D eigenvalue weighted by Crippen LogP contribution is 2.41. The lowest BCUT2D eigenvalue weighted by molar-refractivity contribution is -0.134. The number of likely N-dealkylation sites (N-methyl/N-ethyl adjacent to an activating group) is 1. The minimum atomic E-state index is -0.414. The Kier molecular flexibility index (Phi) is 6.84. The van der Waals surface area contributed by atoms with Gasteiger partial charge in [-0.3, -0.25) is 9.59 Å². The van der Waals surface area contributed by atoms with Crippen molar-refractivity contribution < 1.29 is 14.0 Å². The number of fused-ring (bicyclic) bond motifs is 1. The Morgan fingerprint density at radius 3 is 2.56 bits per heavy atom. The second kappa shape index (κ2) is 9.61. The summed E-state index contributed by atoms with van der Waals surface area (Å²) in [5.41, 5.74) is 2.19. The SMILES string of the molecule is CCN(CC(=O)N1CCc2sccc2C1c1ccc(Cl)cc1Cl)C(=O)c1ccc(F)cc1. The first-order chi connectivity index (χ1) is 15.4.